The molecule has 2 aliphatic rings. The van der Waals surface area contributed by atoms with Crippen LogP contribution in [-0.2, 0) is 23.2 Å². The van der Waals surface area contributed by atoms with E-state index in [1.54, 1.807) is 24.5 Å². The molecule has 0 atom stereocenters. The number of carbonyl (C=O) groups is 1. The number of aliphatic imine (C=N–C) groups is 1. The molecule has 0 saturated heterocycles. The second-order valence-electron chi connectivity index (χ2n) is 7.80. The van der Waals surface area contributed by atoms with Crippen molar-refractivity contribution in [1.29, 1.82) is 0 Å². The van der Waals surface area contributed by atoms with Gasteiger partial charge in [-0.1, -0.05) is 18.2 Å². The van der Waals surface area contributed by atoms with Crippen molar-refractivity contribution >= 4 is 47.2 Å². The normalized spacial score (nSPS) is 17.0. The van der Waals surface area contributed by atoms with E-state index in [2.05, 4.69) is 27.1 Å². The van der Waals surface area contributed by atoms with Crippen molar-refractivity contribution < 1.29 is 9.18 Å². The van der Waals surface area contributed by atoms with Gasteiger partial charge in [-0.25, -0.2) is 4.39 Å². The van der Waals surface area contributed by atoms with Crippen LogP contribution in [0.15, 0.2) is 40.7 Å². The highest BCUT2D eigenvalue weighted by Gasteiger charge is 2.45. The summed E-state index contributed by atoms with van der Waals surface area (Å²) in [6.07, 6.45) is 3.32. The van der Waals surface area contributed by atoms with Crippen molar-refractivity contribution in [2.45, 2.75) is 37.6 Å². The molecule has 0 bridgehead atoms. The first-order chi connectivity index (χ1) is 14.1. The van der Waals surface area contributed by atoms with Gasteiger partial charge in [0.15, 0.2) is 5.96 Å². The topological polar surface area (TPSA) is 56.7 Å². The summed E-state index contributed by atoms with van der Waals surface area (Å²) in [6, 6.07) is 9.12. The van der Waals surface area contributed by atoms with Gasteiger partial charge in [0.2, 0.25) is 5.91 Å². The van der Waals surface area contributed by atoms with E-state index in [9.17, 15) is 9.18 Å². The van der Waals surface area contributed by atoms with Crippen LogP contribution in [0.1, 0.15) is 35.3 Å². The van der Waals surface area contributed by atoms with E-state index in [0.717, 1.165) is 37.9 Å². The third-order valence-corrected chi connectivity index (χ3v) is 6.93. The number of thiophene rings is 1. The molecule has 1 amide bonds. The van der Waals surface area contributed by atoms with Gasteiger partial charge in [-0.05, 0) is 47.9 Å². The molecule has 162 valence electrons. The fourth-order valence-corrected chi connectivity index (χ4v) is 4.85. The first-order valence-electron chi connectivity index (χ1n) is 10.1. The van der Waals surface area contributed by atoms with E-state index >= 15 is 0 Å². The zero-order valence-electron chi connectivity index (χ0n) is 17.1. The Morgan fingerprint density at radius 3 is 2.80 bits per heavy atom. The highest BCUT2D eigenvalue weighted by atomic mass is 127. The highest BCUT2D eigenvalue weighted by molar-refractivity contribution is 14.0. The lowest BCUT2D eigenvalue weighted by atomic mass is 9.95. The number of benzene rings is 1. The summed E-state index contributed by atoms with van der Waals surface area (Å²) in [7, 11) is 1.71. The van der Waals surface area contributed by atoms with E-state index in [1.807, 2.05) is 17.0 Å². The van der Waals surface area contributed by atoms with Crippen molar-refractivity contribution in [2.75, 3.05) is 26.7 Å². The maximum absolute atomic E-state index is 14.2. The molecule has 0 spiro atoms. The lowest BCUT2D eigenvalue weighted by Gasteiger charge is -2.27. The maximum atomic E-state index is 14.2. The Kier molecular flexibility index (Phi) is 7.73. The molecule has 0 radical (unpaired) electrons. The van der Waals surface area contributed by atoms with Crippen molar-refractivity contribution in [1.82, 2.24) is 15.5 Å². The Bertz CT molecular complexity index is 912. The summed E-state index contributed by atoms with van der Waals surface area (Å²) in [6.45, 7) is 2.67. The molecular formula is C22H28FIN4OS. The molecule has 1 saturated carbocycles. The van der Waals surface area contributed by atoms with E-state index < -0.39 is 0 Å². The molecule has 1 aliphatic heterocycles. The summed E-state index contributed by atoms with van der Waals surface area (Å²) < 4.78 is 14.2. The molecule has 2 aromatic rings. The minimum atomic E-state index is -0.148. The molecule has 1 aromatic carbocycles. The first-order valence-corrected chi connectivity index (χ1v) is 11.0. The second kappa shape index (κ2) is 10.1. The molecule has 0 unspecified atom stereocenters. The van der Waals surface area contributed by atoms with Gasteiger partial charge in [-0.15, -0.1) is 35.3 Å². The molecule has 30 heavy (non-hydrogen) atoms. The van der Waals surface area contributed by atoms with Crippen LogP contribution in [0.4, 0.5) is 4.39 Å². The van der Waals surface area contributed by atoms with Crippen LogP contribution in [-0.4, -0.2) is 43.4 Å². The van der Waals surface area contributed by atoms with E-state index in [4.69, 9.17) is 0 Å². The fraction of sp³-hybridized carbons (Fsp3) is 0.455. The van der Waals surface area contributed by atoms with Gasteiger partial charge in [0.25, 0.3) is 0 Å². The number of nitrogens with one attached hydrogen (secondary N) is 2. The molecule has 2 N–H and O–H groups in total. The van der Waals surface area contributed by atoms with Gasteiger partial charge < -0.3 is 15.5 Å². The number of nitrogens with zero attached hydrogens (tertiary/aromatic N) is 2. The van der Waals surface area contributed by atoms with Crippen molar-refractivity contribution in [3.8, 4) is 0 Å². The third-order valence-electron chi connectivity index (χ3n) is 5.91. The predicted octanol–water partition coefficient (Wildman–Crippen LogP) is 3.68. The minimum Gasteiger partial charge on any atom is -0.356 e. The standard InChI is InChI=1S/C22H27FN4OS.HI/c1-24-21(26-15-22(9-10-22)17-4-2-3-5-18(17)23)25-11-6-20(28)27-12-7-19-16(14-27)8-13-29-19;/h2-5,8,13H,6-7,9-12,14-15H2,1H3,(H2,24,25,26);1H. The Labute approximate surface area is 198 Å². The van der Waals surface area contributed by atoms with Crippen LogP contribution in [0.3, 0.4) is 0 Å². The summed E-state index contributed by atoms with van der Waals surface area (Å²) in [5, 5.41) is 8.63. The van der Waals surface area contributed by atoms with E-state index in [1.165, 1.54) is 16.5 Å². The third kappa shape index (κ3) is 5.14. The summed E-state index contributed by atoms with van der Waals surface area (Å²) in [4.78, 5) is 20.1. The molecule has 4 rings (SSSR count). The lowest BCUT2D eigenvalue weighted by Crippen LogP contribution is -2.43. The Hall–Kier alpha value is -1.68. The van der Waals surface area contributed by atoms with Crippen LogP contribution in [0, 0.1) is 5.82 Å². The van der Waals surface area contributed by atoms with Gasteiger partial charge in [0.05, 0.1) is 0 Å². The zero-order chi connectivity index (χ0) is 20.3. The van der Waals surface area contributed by atoms with Crippen molar-refractivity contribution in [3.05, 3.63) is 57.5 Å². The quantitative estimate of drug-likeness (QED) is 0.333. The van der Waals surface area contributed by atoms with Crippen LogP contribution in [0.25, 0.3) is 0 Å². The van der Waals surface area contributed by atoms with Gasteiger partial charge in [0.1, 0.15) is 5.82 Å². The summed E-state index contributed by atoms with van der Waals surface area (Å²) >= 11 is 1.78. The molecular weight excluding hydrogens is 514 g/mol. The summed E-state index contributed by atoms with van der Waals surface area (Å²) in [5.74, 6) is 0.671. The van der Waals surface area contributed by atoms with Crippen LogP contribution >= 0.6 is 35.3 Å². The maximum Gasteiger partial charge on any atom is 0.224 e. The number of fused-ring (bicyclic) bond motifs is 1. The van der Waals surface area contributed by atoms with Crippen molar-refractivity contribution in [3.63, 3.8) is 0 Å². The van der Waals surface area contributed by atoms with E-state index in [-0.39, 0.29) is 41.1 Å². The smallest absolute Gasteiger partial charge is 0.224 e. The Morgan fingerprint density at radius 1 is 1.27 bits per heavy atom. The first kappa shape index (κ1) is 23.0. The molecule has 8 heteroatoms. The molecule has 1 fully saturated rings. The lowest BCUT2D eigenvalue weighted by molar-refractivity contribution is -0.131. The SMILES string of the molecule is CN=C(NCCC(=O)N1CCc2sccc2C1)NCC1(c2ccccc2F)CC1.I. The average molecular weight is 542 g/mol. The minimum absolute atomic E-state index is 0. The molecule has 5 nitrogen and oxygen atoms in total. The van der Waals surface area contributed by atoms with Gasteiger partial charge in [0, 0.05) is 49.9 Å². The second-order valence-corrected chi connectivity index (χ2v) is 8.80. The van der Waals surface area contributed by atoms with Crippen LogP contribution in [0.2, 0.25) is 0 Å². The number of rotatable bonds is 6. The summed E-state index contributed by atoms with van der Waals surface area (Å²) in [5.41, 5.74) is 1.91. The number of halogens is 2. The van der Waals surface area contributed by atoms with E-state index in [0.29, 0.717) is 25.5 Å². The molecule has 1 aromatic heterocycles. The predicted molar refractivity (Wildman–Crippen MR) is 130 cm³/mol. The monoisotopic (exact) mass is 542 g/mol. The number of carbonyl (C=O) groups excluding carboxylic acids is 1. The zero-order valence-corrected chi connectivity index (χ0v) is 20.3. The van der Waals surface area contributed by atoms with Crippen molar-refractivity contribution in [2.24, 2.45) is 4.99 Å². The number of hydrogen-bond acceptors (Lipinski definition) is 3. The molecule has 1 aliphatic carbocycles. The van der Waals surface area contributed by atoms with Crippen LogP contribution < -0.4 is 10.6 Å². The highest BCUT2D eigenvalue weighted by Crippen LogP contribution is 2.48. The Morgan fingerprint density at radius 2 is 2.07 bits per heavy atom. The van der Waals surface area contributed by atoms with Gasteiger partial charge in [-0.2, -0.15) is 0 Å². The van der Waals surface area contributed by atoms with Gasteiger partial charge >= 0.3 is 0 Å². The van der Waals surface area contributed by atoms with Gasteiger partial charge in [-0.3, -0.25) is 9.79 Å². The molecule has 2 heterocycles. The number of amides is 1. The average Bonchev–Trinajstić information content (AvgIpc) is 3.37. The van der Waals surface area contributed by atoms with Crippen LogP contribution in [0.5, 0.6) is 0 Å². The largest absolute Gasteiger partial charge is 0.356 e. The fourth-order valence-electron chi connectivity index (χ4n) is 3.96. The number of hydrogen-bond donors (Lipinski definition) is 2. The number of guanidine groups is 1. The Balaban J connectivity index is 0.00000256.